The second-order valence-electron chi connectivity index (χ2n) is 4.26. The zero-order valence-electron chi connectivity index (χ0n) is 8.53. The van der Waals surface area contributed by atoms with Gasteiger partial charge in [-0.3, -0.25) is 4.79 Å². The van der Waals surface area contributed by atoms with Gasteiger partial charge in [-0.05, 0) is 11.5 Å². The summed E-state index contributed by atoms with van der Waals surface area (Å²) < 4.78 is 0. The number of aromatic hydroxyl groups is 2. The van der Waals surface area contributed by atoms with Crippen LogP contribution in [0.25, 0.3) is 0 Å². The second-order valence-corrected chi connectivity index (χ2v) is 4.26. The lowest BCUT2D eigenvalue weighted by Gasteiger charge is -2.21. The van der Waals surface area contributed by atoms with Crippen LogP contribution in [0.5, 0.6) is 11.5 Å². The van der Waals surface area contributed by atoms with E-state index >= 15 is 0 Å². The molecule has 3 heteroatoms. The normalized spacial score (nSPS) is 11.4. The zero-order chi connectivity index (χ0) is 10.9. The maximum Gasteiger partial charge on any atom is 0.157 e. The second kappa shape index (κ2) is 3.33. The zero-order valence-corrected chi connectivity index (χ0v) is 8.53. The molecule has 0 unspecified atom stereocenters. The molecule has 3 nitrogen and oxygen atoms in total. The number of aldehydes is 1. The third kappa shape index (κ3) is 1.71. The smallest absolute Gasteiger partial charge is 0.157 e. The Morgan fingerprint density at radius 3 is 2.21 bits per heavy atom. The van der Waals surface area contributed by atoms with Crippen LogP contribution in [0.4, 0.5) is 0 Å². The van der Waals surface area contributed by atoms with Gasteiger partial charge in [0.25, 0.3) is 0 Å². The van der Waals surface area contributed by atoms with Crippen molar-refractivity contribution in [2.24, 2.45) is 0 Å². The SMILES string of the molecule is CC(C)(C)c1ccc(O)c(C=O)c1O. The molecule has 0 fully saturated rings. The van der Waals surface area contributed by atoms with Gasteiger partial charge in [-0.25, -0.2) is 0 Å². The number of hydrogen-bond donors (Lipinski definition) is 2. The number of phenolic OH excluding ortho intramolecular Hbond substituents is 2. The maximum absolute atomic E-state index is 10.6. The molecular formula is C11H14O3. The molecule has 2 N–H and O–H groups in total. The van der Waals surface area contributed by atoms with Gasteiger partial charge >= 0.3 is 0 Å². The van der Waals surface area contributed by atoms with E-state index in [2.05, 4.69) is 0 Å². The Balaban J connectivity index is 3.43. The Morgan fingerprint density at radius 2 is 1.79 bits per heavy atom. The van der Waals surface area contributed by atoms with Gasteiger partial charge in [0.15, 0.2) is 6.29 Å². The van der Waals surface area contributed by atoms with Gasteiger partial charge in [0, 0.05) is 5.56 Å². The fourth-order valence-corrected chi connectivity index (χ4v) is 1.32. The molecule has 0 heterocycles. The summed E-state index contributed by atoms with van der Waals surface area (Å²) in [5.41, 5.74) is 0.352. The minimum Gasteiger partial charge on any atom is -0.507 e. The topological polar surface area (TPSA) is 57.5 Å². The summed E-state index contributed by atoms with van der Waals surface area (Å²) in [7, 11) is 0. The molecule has 0 saturated heterocycles. The lowest BCUT2D eigenvalue weighted by molar-refractivity contribution is 0.111. The quantitative estimate of drug-likeness (QED) is 0.674. The summed E-state index contributed by atoms with van der Waals surface area (Å²) in [6.07, 6.45) is 0.458. The molecule has 0 aliphatic rings. The van der Waals surface area contributed by atoms with Gasteiger partial charge in [0.2, 0.25) is 0 Å². The summed E-state index contributed by atoms with van der Waals surface area (Å²) in [4.78, 5) is 10.6. The summed E-state index contributed by atoms with van der Waals surface area (Å²) in [5, 5.41) is 19.0. The fraction of sp³-hybridized carbons (Fsp3) is 0.364. The first-order valence-corrected chi connectivity index (χ1v) is 4.38. The van der Waals surface area contributed by atoms with Crippen LogP contribution in [0, 0.1) is 0 Å². The molecule has 0 aliphatic carbocycles. The molecule has 0 aliphatic heterocycles. The Kier molecular flexibility index (Phi) is 2.51. The molecule has 1 aromatic rings. The van der Waals surface area contributed by atoms with E-state index in [0.717, 1.165) is 0 Å². The van der Waals surface area contributed by atoms with E-state index in [1.807, 2.05) is 20.8 Å². The highest BCUT2D eigenvalue weighted by Crippen LogP contribution is 2.36. The molecule has 76 valence electrons. The number of rotatable bonds is 1. The van der Waals surface area contributed by atoms with Crippen LogP contribution in [0.1, 0.15) is 36.7 Å². The van der Waals surface area contributed by atoms with Crippen molar-refractivity contribution in [1.29, 1.82) is 0 Å². The third-order valence-corrected chi connectivity index (χ3v) is 2.12. The molecule has 0 radical (unpaired) electrons. The highest BCUT2D eigenvalue weighted by atomic mass is 16.3. The van der Waals surface area contributed by atoms with Crippen LogP contribution < -0.4 is 0 Å². The molecule has 1 aromatic carbocycles. The molecule has 0 saturated carbocycles. The molecule has 0 atom stereocenters. The molecular weight excluding hydrogens is 180 g/mol. The maximum atomic E-state index is 10.6. The monoisotopic (exact) mass is 194 g/mol. The van der Waals surface area contributed by atoms with Crippen LogP contribution in [0.3, 0.4) is 0 Å². The first-order chi connectivity index (χ1) is 6.38. The van der Waals surface area contributed by atoms with E-state index in [1.54, 1.807) is 6.07 Å². The molecule has 1 rings (SSSR count). The van der Waals surface area contributed by atoms with Gasteiger partial charge in [0.1, 0.15) is 11.5 Å². The number of phenols is 2. The predicted molar refractivity (Wildman–Crippen MR) is 53.9 cm³/mol. The Morgan fingerprint density at radius 1 is 1.21 bits per heavy atom. The van der Waals surface area contributed by atoms with E-state index < -0.39 is 0 Å². The van der Waals surface area contributed by atoms with Crippen LogP contribution in [-0.4, -0.2) is 16.5 Å². The lowest BCUT2D eigenvalue weighted by Crippen LogP contribution is -2.11. The first kappa shape index (κ1) is 10.6. The largest absolute Gasteiger partial charge is 0.507 e. The summed E-state index contributed by atoms with van der Waals surface area (Å²) in [6.45, 7) is 5.77. The Bertz CT molecular complexity index is 362. The van der Waals surface area contributed by atoms with Gasteiger partial charge in [-0.2, -0.15) is 0 Å². The van der Waals surface area contributed by atoms with Crippen molar-refractivity contribution in [3.05, 3.63) is 23.3 Å². The van der Waals surface area contributed by atoms with Crippen molar-refractivity contribution in [2.75, 3.05) is 0 Å². The summed E-state index contributed by atoms with van der Waals surface area (Å²) >= 11 is 0. The molecule has 0 aromatic heterocycles. The molecule has 0 bridgehead atoms. The van der Waals surface area contributed by atoms with Crippen LogP contribution >= 0.6 is 0 Å². The van der Waals surface area contributed by atoms with Gasteiger partial charge in [0.05, 0.1) is 5.56 Å². The van der Waals surface area contributed by atoms with Crippen LogP contribution in [-0.2, 0) is 5.41 Å². The van der Waals surface area contributed by atoms with Crippen molar-refractivity contribution < 1.29 is 15.0 Å². The molecule has 0 spiro atoms. The molecule has 0 amide bonds. The summed E-state index contributed by atoms with van der Waals surface area (Å²) in [6, 6.07) is 3.04. The highest BCUT2D eigenvalue weighted by molar-refractivity contribution is 5.84. The minimum atomic E-state index is -0.254. The van der Waals surface area contributed by atoms with Gasteiger partial charge in [-0.15, -0.1) is 0 Å². The number of carbonyl (C=O) groups is 1. The van der Waals surface area contributed by atoms with Gasteiger partial charge in [-0.1, -0.05) is 26.8 Å². The van der Waals surface area contributed by atoms with Crippen molar-refractivity contribution in [2.45, 2.75) is 26.2 Å². The fourth-order valence-electron chi connectivity index (χ4n) is 1.32. The van der Waals surface area contributed by atoms with Crippen molar-refractivity contribution in [3.63, 3.8) is 0 Å². The predicted octanol–water partition coefficient (Wildman–Crippen LogP) is 2.21. The summed E-state index contributed by atoms with van der Waals surface area (Å²) in [5.74, 6) is -0.321. The highest BCUT2D eigenvalue weighted by Gasteiger charge is 2.21. The van der Waals surface area contributed by atoms with Crippen molar-refractivity contribution >= 4 is 6.29 Å². The lowest BCUT2D eigenvalue weighted by atomic mass is 9.85. The van der Waals surface area contributed by atoms with Crippen LogP contribution in [0.15, 0.2) is 12.1 Å². The van der Waals surface area contributed by atoms with E-state index in [4.69, 9.17) is 0 Å². The Labute approximate surface area is 83.0 Å². The Hall–Kier alpha value is -1.51. The van der Waals surface area contributed by atoms with E-state index in [1.165, 1.54) is 6.07 Å². The van der Waals surface area contributed by atoms with Crippen LogP contribution in [0.2, 0.25) is 0 Å². The number of hydrogen-bond acceptors (Lipinski definition) is 3. The number of benzene rings is 1. The first-order valence-electron chi connectivity index (χ1n) is 4.38. The third-order valence-electron chi connectivity index (χ3n) is 2.12. The number of carbonyl (C=O) groups excluding carboxylic acids is 1. The standard InChI is InChI=1S/C11H14O3/c1-11(2,3)8-4-5-9(13)7(6-12)10(8)14/h4-6,13-14H,1-3H3. The molecule has 14 heavy (non-hydrogen) atoms. The average molecular weight is 194 g/mol. The van der Waals surface area contributed by atoms with E-state index in [9.17, 15) is 15.0 Å². The average Bonchev–Trinajstić information content (AvgIpc) is 2.02. The van der Waals surface area contributed by atoms with Crippen molar-refractivity contribution in [3.8, 4) is 11.5 Å². The van der Waals surface area contributed by atoms with E-state index in [0.29, 0.717) is 11.8 Å². The van der Waals surface area contributed by atoms with E-state index in [-0.39, 0.29) is 22.5 Å². The van der Waals surface area contributed by atoms with Gasteiger partial charge < -0.3 is 10.2 Å². The minimum absolute atomic E-state index is 0.0441. The van der Waals surface area contributed by atoms with Crippen molar-refractivity contribution in [1.82, 2.24) is 0 Å².